The van der Waals surface area contributed by atoms with Gasteiger partial charge >= 0.3 is 0 Å². The van der Waals surface area contributed by atoms with Gasteiger partial charge in [0.1, 0.15) is 0 Å². The van der Waals surface area contributed by atoms with Crippen molar-refractivity contribution in [3.63, 3.8) is 0 Å². The number of rotatable bonds is 2. The van der Waals surface area contributed by atoms with Crippen LogP contribution in [0.1, 0.15) is 23.6 Å². The summed E-state index contributed by atoms with van der Waals surface area (Å²) in [6.07, 6.45) is 1.19. The molecule has 0 aromatic heterocycles. The maximum Gasteiger partial charge on any atom is 0.0443 e. The number of hydrogen-bond donors (Lipinski definition) is 0. The summed E-state index contributed by atoms with van der Waals surface area (Å²) in [5, 5.41) is 0.918. The van der Waals surface area contributed by atoms with E-state index in [0.29, 0.717) is 5.92 Å². The molecule has 104 valence electrons. The average molecular weight is 330 g/mol. The Morgan fingerprint density at radius 1 is 1.15 bits per heavy atom. The number of para-hydroxylation sites is 1. The first-order valence-electron chi connectivity index (χ1n) is 7.20. The minimum absolute atomic E-state index is 0.695. The zero-order valence-corrected chi connectivity index (χ0v) is 13.7. The van der Waals surface area contributed by atoms with Gasteiger partial charge in [0.25, 0.3) is 0 Å². The second kappa shape index (κ2) is 5.61. The quantitative estimate of drug-likeness (QED) is 0.682. The summed E-state index contributed by atoms with van der Waals surface area (Å²) in [6, 6.07) is 15.6. The van der Waals surface area contributed by atoms with Crippen LogP contribution < -0.4 is 4.90 Å². The Morgan fingerprint density at radius 2 is 1.95 bits per heavy atom. The summed E-state index contributed by atoms with van der Waals surface area (Å²) in [6.45, 7) is 5.65. The summed E-state index contributed by atoms with van der Waals surface area (Å²) in [5.74, 6) is 0.695. The number of halogens is 1. The molecule has 1 aliphatic rings. The monoisotopic (exact) mass is 329 g/mol. The van der Waals surface area contributed by atoms with E-state index in [-0.39, 0.29) is 0 Å². The van der Waals surface area contributed by atoms with Gasteiger partial charge in [-0.25, -0.2) is 0 Å². The highest BCUT2D eigenvalue weighted by atomic mass is 79.9. The van der Waals surface area contributed by atoms with Gasteiger partial charge in [-0.15, -0.1) is 0 Å². The minimum atomic E-state index is 0.695. The zero-order chi connectivity index (χ0) is 14.1. The molecular formula is C18H20BrN. The molecule has 3 rings (SSSR count). The lowest BCUT2D eigenvalue weighted by atomic mass is 9.93. The first kappa shape index (κ1) is 13.7. The number of fused-ring (bicyclic) bond motifs is 1. The molecular weight excluding hydrogens is 310 g/mol. The van der Waals surface area contributed by atoms with Gasteiger partial charge in [-0.3, -0.25) is 0 Å². The van der Waals surface area contributed by atoms with E-state index >= 15 is 0 Å². The summed E-state index contributed by atoms with van der Waals surface area (Å²) in [7, 11) is 0. The van der Waals surface area contributed by atoms with Crippen LogP contribution in [0, 0.1) is 12.8 Å². The maximum atomic E-state index is 3.53. The fraction of sp³-hybridized carbons (Fsp3) is 0.333. The normalized spacial score (nSPS) is 17.9. The van der Waals surface area contributed by atoms with Crippen LogP contribution in [-0.4, -0.2) is 6.54 Å². The van der Waals surface area contributed by atoms with Crippen molar-refractivity contribution in [1.29, 1.82) is 0 Å². The van der Waals surface area contributed by atoms with E-state index in [1.807, 2.05) is 0 Å². The largest absolute Gasteiger partial charge is 0.341 e. The molecule has 1 atom stereocenters. The Bertz CT molecular complexity index is 621. The van der Waals surface area contributed by atoms with Crippen molar-refractivity contribution >= 4 is 27.3 Å². The van der Waals surface area contributed by atoms with Crippen LogP contribution >= 0.6 is 15.9 Å². The van der Waals surface area contributed by atoms with Crippen molar-refractivity contribution < 1.29 is 0 Å². The molecule has 2 aromatic carbocycles. The second-order valence-electron chi connectivity index (χ2n) is 5.80. The van der Waals surface area contributed by atoms with E-state index in [1.54, 1.807) is 0 Å². The van der Waals surface area contributed by atoms with E-state index in [2.05, 4.69) is 77.1 Å². The van der Waals surface area contributed by atoms with Crippen molar-refractivity contribution in [1.82, 2.24) is 0 Å². The van der Waals surface area contributed by atoms with Gasteiger partial charge in [0, 0.05) is 23.2 Å². The van der Waals surface area contributed by atoms with Crippen molar-refractivity contribution in [2.45, 2.75) is 25.6 Å². The molecule has 1 aliphatic heterocycles. The Balaban J connectivity index is 2.06. The van der Waals surface area contributed by atoms with Gasteiger partial charge in [-0.1, -0.05) is 53.2 Å². The second-order valence-corrected chi connectivity index (χ2v) is 6.36. The number of nitrogens with zero attached hydrogens (tertiary/aromatic N) is 1. The van der Waals surface area contributed by atoms with E-state index in [0.717, 1.165) is 11.9 Å². The summed E-state index contributed by atoms with van der Waals surface area (Å²) >= 11 is 3.53. The van der Waals surface area contributed by atoms with Crippen molar-refractivity contribution in [3.05, 3.63) is 59.2 Å². The van der Waals surface area contributed by atoms with Gasteiger partial charge in [0.05, 0.1) is 0 Å². The fourth-order valence-corrected chi connectivity index (χ4v) is 3.48. The number of hydrogen-bond acceptors (Lipinski definition) is 1. The highest BCUT2D eigenvalue weighted by Crippen LogP contribution is 2.37. The maximum absolute atomic E-state index is 3.53. The van der Waals surface area contributed by atoms with Crippen molar-refractivity contribution in [2.24, 2.45) is 5.92 Å². The fourth-order valence-electron chi connectivity index (χ4n) is 3.13. The number of anilines is 2. The van der Waals surface area contributed by atoms with E-state index in [4.69, 9.17) is 0 Å². The van der Waals surface area contributed by atoms with Gasteiger partial charge < -0.3 is 4.90 Å². The van der Waals surface area contributed by atoms with Crippen LogP contribution in [0.3, 0.4) is 0 Å². The third kappa shape index (κ3) is 2.49. The van der Waals surface area contributed by atoms with Gasteiger partial charge in [0.2, 0.25) is 0 Å². The summed E-state index contributed by atoms with van der Waals surface area (Å²) in [5.41, 5.74) is 6.87. The van der Waals surface area contributed by atoms with E-state index in [9.17, 15) is 0 Å². The molecule has 0 fully saturated rings. The Labute approximate surface area is 129 Å². The molecule has 0 spiro atoms. The van der Waals surface area contributed by atoms with Crippen molar-refractivity contribution in [2.75, 3.05) is 11.4 Å². The third-order valence-corrected chi connectivity index (χ3v) is 4.70. The Hall–Kier alpha value is -1.28. The lowest BCUT2D eigenvalue weighted by Gasteiger charge is -2.35. The SMILES string of the molecule is Cc1cc(CBr)ccc1N1CC(C)Cc2ccccc21. The molecule has 2 aromatic rings. The van der Waals surface area contributed by atoms with Gasteiger partial charge in [0.15, 0.2) is 0 Å². The smallest absolute Gasteiger partial charge is 0.0443 e. The Kier molecular flexibility index (Phi) is 3.84. The number of benzene rings is 2. The zero-order valence-electron chi connectivity index (χ0n) is 12.1. The lowest BCUT2D eigenvalue weighted by molar-refractivity contribution is 0.562. The molecule has 1 nitrogen and oxygen atoms in total. The molecule has 0 N–H and O–H groups in total. The predicted molar refractivity (Wildman–Crippen MR) is 90.1 cm³/mol. The van der Waals surface area contributed by atoms with Crippen LogP contribution in [0.25, 0.3) is 0 Å². The van der Waals surface area contributed by atoms with Crippen LogP contribution in [-0.2, 0) is 11.8 Å². The molecule has 0 radical (unpaired) electrons. The standard InChI is InChI=1S/C18H20BrN/c1-13-9-16-5-3-4-6-18(16)20(12-13)17-8-7-15(11-19)10-14(17)2/h3-8,10,13H,9,11-12H2,1-2H3. The highest BCUT2D eigenvalue weighted by molar-refractivity contribution is 9.08. The molecule has 1 heterocycles. The van der Waals surface area contributed by atoms with E-state index < -0.39 is 0 Å². The van der Waals surface area contributed by atoms with Crippen LogP contribution in [0.5, 0.6) is 0 Å². The molecule has 2 heteroatoms. The first-order valence-corrected chi connectivity index (χ1v) is 8.32. The molecule has 0 saturated carbocycles. The molecule has 0 bridgehead atoms. The van der Waals surface area contributed by atoms with E-state index in [1.165, 1.54) is 34.5 Å². The summed E-state index contributed by atoms with van der Waals surface area (Å²) < 4.78 is 0. The van der Waals surface area contributed by atoms with Crippen LogP contribution in [0.15, 0.2) is 42.5 Å². The molecule has 0 amide bonds. The molecule has 20 heavy (non-hydrogen) atoms. The highest BCUT2D eigenvalue weighted by Gasteiger charge is 2.23. The first-order chi connectivity index (χ1) is 9.69. The molecule has 1 unspecified atom stereocenters. The molecule has 0 aliphatic carbocycles. The van der Waals surface area contributed by atoms with Crippen LogP contribution in [0.4, 0.5) is 11.4 Å². The Morgan fingerprint density at radius 3 is 2.70 bits per heavy atom. The van der Waals surface area contributed by atoms with Crippen molar-refractivity contribution in [3.8, 4) is 0 Å². The number of aryl methyl sites for hydroxylation is 1. The lowest BCUT2D eigenvalue weighted by Crippen LogP contribution is -2.30. The minimum Gasteiger partial charge on any atom is -0.341 e. The van der Waals surface area contributed by atoms with Gasteiger partial charge in [-0.2, -0.15) is 0 Å². The third-order valence-electron chi connectivity index (χ3n) is 4.05. The van der Waals surface area contributed by atoms with Gasteiger partial charge in [-0.05, 0) is 48.1 Å². The predicted octanol–water partition coefficient (Wildman–Crippen LogP) is 5.22. The van der Waals surface area contributed by atoms with Crippen LogP contribution in [0.2, 0.25) is 0 Å². The summed E-state index contributed by atoms with van der Waals surface area (Å²) in [4.78, 5) is 2.48. The topological polar surface area (TPSA) is 3.24 Å². The average Bonchev–Trinajstić information content (AvgIpc) is 2.46. The number of alkyl halides is 1. The molecule has 0 saturated heterocycles.